The Morgan fingerprint density at radius 3 is 2.56 bits per heavy atom. The fourth-order valence-corrected chi connectivity index (χ4v) is 4.21. The van der Waals surface area contributed by atoms with Crippen LogP contribution in [0.2, 0.25) is 0 Å². The van der Waals surface area contributed by atoms with Crippen molar-refractivity contribution in [3.8, 4) is 0 Å². The fourth-order valence-electron chi connectivity index (χ4n) is 3.71. The number of halogens is 1. The molecule has 2 unspecified atom stereocenters. The summed E-state index contributed by atoms with van der Waals surface area (Å²) in [6, 6.07) is 16.3. The van der Waals surface area contributed by atoms with Gasteiger partial charge in [-0.2, -0.15) is 0 Å². The Kier molecular flexibility index (Phi) is 5.92. The molecule has 1 aliphatic rings. The first kappa shape index (κ1) is 18.2. The molecule has 1 fully saturated rings. The van der Waals surface area contributed by atoms with Crippen LogP contribution in [0.5, 0.6) is 0 Å². The van der Waals surface area contributed by atoms with Crippen LogP contribution in [0.25, 0.3) is 0 Å². The lowest BCUT2D eigenvalue weighted by Crippen LogP contribution is -2.46. The number of carboxylic acids is 1. The van der Waals surface area contributed by atoms with E-state index in [0.29, 0.717) is 6.42 Å². The summed E-state index contributed by atoms with van der Waals surface area (Å²) in [6.45, 7) is 2.95. The standard InChI is InChI=1S/C21H24BrNO2/c1-2-15-10-12-16(13-11-15)20(17-7-3-4-8-18(17)22)23-14-6-5-9-19(23)21(24)25/h3-4,7-8,10-13,19-20H,2,5-6,9,14H2,1H3,(H,24,25). The zero-order valence-corrected chi connectivity index (χ0v) is 16.1. The Balaban J connectivity index is 2.07. The molecule has 2 aromatic rings. The van der Waals surface area contributed by atoms with Crippen LogP contribution in [0.15, 0.2) is 53.0 Å². The highest BCUT2D eigenvalue weighted by Gasteiger charge is 2.35. The average molecular weight is 402 g/mol. The van der Waals surface area contributed by atoms with E-state index < -0.39 is 12.0 Å². The molecule has 25 heavy (non-hydrogen) atoms. The van der Waals surface area contributed by atoms with Crippen LogP contribution in [0, 0.1) is 0 Å². The van der Waals surface area contributed by atoms with Gasteiger partial charge in [-0.25, -0.2) is 0 Å². The van der Waals surface area contributed by atoms with E-state index in [2.05, 4.69) is 58.1 Å². The summed E-state index contributed by atoms with van der Waals surface area (Å²) in [5.41, 5.74) is 3.57. The van der Waals surface area contributed by atoms with E-state index in [1.165, 1.54) is 5.56 Å². The number of aryl methyl sites for hydroxylation is 1. The molecular formula is C21H24BrNO2. The molecule has 0 saturated carbocycles. The third-order valence-electron chi connectivity index (χ3n) is 5.06. The molecule has 0 bridgehead atoms. The highest BCUT2D eigenvalue weighted by atomic mass is 79.9. The lowest BCUT2D eigenvalue weighted by Gasteiger charge is -2.40. The monoisotopic (exact) mass is 401 g/mol. The van der Waals surface area contributed by atoms with E-state index in [1.54, 1.807) is 0 Å². The predicted molar refractivity (Wildman–Crippen MR) is 104 cm³/mol. The summed E-state index contributed by atoms with van der Waals surface area (Å²) in [7, 11) is 0. The largest absolute Gasteiger partial charge is 0.480 e. The van der Waals surface area contributed by atoms with Crippen LogP contribution in [-0.4, -0.2) is 28.6 Å². The zero-order valence-electron chi connectivity index (χ0n) is 14.5. The molecule has 2 aromatic carbocycles. The molecule has 0 aliphatic carbocycles. The predicted octanol–water partition coefficient (Wildman–Crippen LogP) is 5.04. The quantitative estimate of drug-likeness (QED) is 0.762. The first-order valence-corrected chi connectivity index (χ1v) is 9.73. The molecule has 1 N–H and O–H groups in total. The van der Waals surface area contributed by atoms with Crippen molar-refractivity contribution in [3.63, 3.8) is 0 Å². The maximum atomic E-state index is 11.9. The van der Waals surface area contributed by atoms with Gasteiger partial charge in [-0.15, -0.1) is 0 Å². The molecule has 0 amide bonds. The van der Waals surface area contributed by atoms with E-state index >= 15 is 0 Å². The minimum Gasteiger partial charge on any atom is -0.480 e. The van der Waals surface area contributed by atoms with Crippen molar-refractivity contribution in [2.75, 3.05) is 6.54 Å². The van der Waals surface area contributed by atoms with E-state index in [-0.39, 0.29) is 6.04 Å². The third kappa shape index (κ3) is 3.96. The Bertz CT molecular complexity index is 729. The number of benzene rings is 2. The molecule has 0 aromatic heterocycles. The summed E-state index contributed by atoms with van der Waals surface area (Å²) in [6.07, 6.45) is 3.73. The molecule has 132 valence electrons. The SMILES string of the molecule is CCc1ccc(C(c2ccccc2Br)N2CCCCC2C(=O)O)cc1. The van der Waals surface area contributed by atoms with Crippen molar-refractivity contribution in [3.05, 3.63) is 69.7 Å². The van der Waals surface area contributed by atoms with Crippen LogP contribution in [0.1, 0.15) is 48.9 Å². The van der Waals surface area contributed by atoms with Gasteiger partial charge in [0.05, 0.1) is 6.04 Å². The van der Waals surface area contributed by atoms with Crippen molar-refractivity contribution < 1.29 is 9.90 Å². The maximum Gasteiger partial charge on any atom is 0.320 e. The molecule has 2 atom stereocenters. The van der Waals surface area contributed by atoms with Gasteiger partial charge in [-0.1, -0.05) is 71.7 Å². The van der Waals surface area contributed by atoms with Gasteiger partial charge in [0.1, 0.15) is 6.04 Å². The minimum absolute atomic E-state index is 0.0529. The van der Waals surface area contributed by atoms with Gasteiger partial charge in [0, 0.05) is 4.47 Å². The number of piperidine rings is 1. The van der Waals surface area contributed by atoms with Gasteiger partial charge in [-0.05, 0) is 48.6 Å². The number of hydrogen-bond donors (Lipinski definition) is 1. The maximum absolute atomic E-state index is 11.9. The highest BCUT2D eigenvalue weighted by molar-refractivity contribution is 9.10. The smallest absolute Gasteiger partial charge is 0.320 e. The molecule has 0 spiro atoms. The number of nitrogens with zero attached hydrogens (tertiary/aromatic N) is 1. The first-order chi connectivity index (χ1) is 12.1. The van der Waals surface area contributed by atoms with E-state index in [0.717, 1.165) is 41.4 Å². The van der Waals surface area contributed by atoms with E-state index in [1.807, 2.05) is 18.2 Å². The summed E-state index contributed by atoms with van der Waals surface area (Å²) >= 11 is 3.67. The van der Waals surface area contributed by atoms with E-state index in [9.17, 15) is 9.90 Å². The van der Waals surface area contributed by atoms with Gasteiger partial charge < -0.3 is 5.11 Å². The molecule has 4 heteroatoms. The van der Waals surface area contributed by atoms with Crippen molar-refractivity contribution in [1.29, 1.82) is 0 Å². The van der Waals surface area contributed by atoms with Crippen LogP contribution in [0.4, 0.5) is 0 Å². The first-order valence-electron chi connectivity index (χ1n) is 8.93. The Morgan fingerprint density at radius 2 is 1.92 bits per heavy atom. The number of rotatable bonds is 5. The van der Waals surface area contributed by atoms with Gasteiger partial charge in [-0.3, -0.25) is 9.69 Å². The lowest BCUT2D eigenvalue weighted by molar-refractivity contribution is -0.145. The molecule has 3 nitrogen and oxygen atoms in total. The van der Waals surface area contributed by atoms with Gasteiger partial charge in [0.2, 0.25) is 0 Å². The van der Waals surface area contributed by atoms with Crippen molar-refractivity contribution in [1.82, 2.24) is 4.90 Å². The zero-order chi connectivity index (χ0) is 17.8. The summed E-state index contributed by atoms with van der Waals surface area (Å²) < 4.78 is 1.02. The fraction of sp³-hybridized carbons (Fsp3) is 0.381. The third-order valence-corrected chi connectivity index (χ3v) is 5.79. The molecule has 1 saturated heterocycles. The number of carboxylic acid groups (broad SMARTS) is 1. The number of aliphatic carboxylic acids is 1. The molecular weight excluding hydrogens is 378 g/mol. The molecule has 0 radical (unpaired) electrons. The topological polar surface area (TPSA) is 40.5 Å². The van der Waals surface area contributed by atoms with Crippen LogP contribution < -0.4 is 0 Å². The van der Waals surface area contributed by atoms with Gasteiger partial charge >= 0.3 is 5.97 Å². The van der Waals surface area contributed by atoms with Gasteiger partial charge in [0.15, 0.2) is 0 Å². The molecule has 3 rings (SSSR count). The molecule has 1 heterocycles. The van der Waals surface area contributed by atoms with Gasteiger partial charge in [0.25, 0.3) is 0 Å². The number of likely N-dealkylation sites (tertiary alicyclic amines) is 1. The molecule has 1 aliphatic heterocycles. The number of hydrogen-bond acceptors (Lipinski definition) is 2. The number of carbonyl (C=O) groups is 1. The van der Waals surface area contributed by atoms with Crippen molar-refractivity contribution >= 4 is 21.9 Å². The van der Waals surface area contributed by atoms with Crippen LogP contribution in [-0.2, 0) is 11.2 Å². The lowest BCUT2D eigenvalue weighted by atomic mass is 9.91. The second-order valence-corrected chi connectivity index (χ2v) is 7.46. The summed E-state index contributed by atoms with van der Waals surface area (Å²) in [4.78, 5) is 14.0. The van der Waals surface area contributed by atoms with Crippen molar-refractivity contribution in [2.24, 2.45) is 0 Å². The Morgan fingerprint density at radius 1 is 1.20 bits per heavy atom. The Labute approximate surface area is 157 Å². The van der Waals surface area contributed by atoms with Crippen LogP contribution in [0.3, 0.4) is 0 Å². The Hall–Kier alpha value is -1.65. The average Bonchev–Trinajstić information content (AvgIpc) is 2.64. The normalized spacial score (nSPS) is 19.5. The van der Waals surface area contributed by atoms with Crippen LogP contribution >= 0.6 is 15.9 Å². The second-order valence-electron chi connectivity index (χ2n) is 6.61. The van der Waals surface area contributed by atoms with Crippen molar-refractivity contribution in [2.45, 2.75) is 44.7 Å². The minimum atomic E-state index is -0.720. The summed E-state index contributed by atoms with van der Waals surface area (Å²) in [5.74, 6) is -0.720. The summed E-state index contributed by atoms with van der Waals surface area (Å²) in [5, 5.41) is 9.75. The second kappa shape index (κ2) is 8.15. The van der Waals surface area contributed by atoms with E-state index in [4.69, 9.17) is 0 Å². The highest BCUT2D eigenvalue weighted by Crippen LogP contribution is 2.37.